The van der Waals surface area contributed by atoms with Crippen molar-refractivity contribution in [2.75, 3.05) is 33.7 Å². The van der Waals surface area contributed by atoms with E-state index in [1.807, 2.05) is 30.0 Å². The Labute approximate surface area is 176 Å². The number of likely N-dealkylation sites (tertiary alicyclic amines) is 1. The minimum Gasteiger partial charge on any atom is -0.333 e. The monoisotopic (exact) mass is 412 g/mol. The zero-order chi connectivity index (χ0) is 20.8. The van der Waals surface area contributed by atoms with E-state index in [4.69, 9.17) is 4.98 Å². The summed E-state index contributed by atoms with van der Waals surface area (Å²) in [6.45, 7) is 2.87. The molecule has 1 saturated carbocycles. The van der Waals surface area contributed by atoms with Gasteiger partial charge < -0.3 is 9.80 Å². The first-order chi connectivity index (χ1) is 14.5. The van der Waals surface area contributed by atoms with Crippen LogP contribution in [0.4, 0.5) is 0 Å². The fraction of sp³-hybridized carbons (Fsp3) is 0.682. The Morgan fingerprint density at radius 2 is 2.00 bits per heavy atom. The van der Waals surface area contributed by atoms with Gasteiger partial charge in [-0.1, -0.05) is 12.8 Å². The molecule has 8 nitrogen and oxygen atoms in total. The van der Waals surface area contributed by atoms with Crippen molar-refractivity contribution in [1.29, 1.82) is 0 Å². The molecule has 30 heavy (non-hydrogen) atoms. The van der Waals surface area contributed by atoms with E-state index in [0.29, 0.717) is 24.8 Å². The summed E-state index contributed by atoms with van der Waals surface area (Å²) in [4.78, 5) is 37.1. The lowest BCUT2D eigenvalue weighted by molar-refractivity contribution is -0.132. The second-order valence-electron chi connectivity index (χ2n) is 9.39. The fourth-order valence-electron chi connectivity index (χ4n) is 5.52. The minimum atomic E-state index is -0.00874. The highest BCUT2D eigenvalue weighted by Crippen LogP contribution is 2.32. The van der Waals surface area contributed by atoms with Gasteiger partial charge in [-0.05, 0) is 39.8 Å². The largest absolute Gasteiger partial charge is 0.333 e. The van der Waals surface area contributed by atoms with Crippen molar-refractivity contribution >= 4 is 11.6 Å². The second-order valence-corrected chi connectivity index (χ2v) is 9.39. The van der Waals surface area contributed by atoms with E-state index in [2.05, 4.69) is 10.00 Å². The van der Waals surface area contributed by atoms with Gasteiger partial charge in [0, 0.05) is 38.2 Å². The molecule has 1 saturated heterocycles. The molecule has 3 aliphatic rings. The second kappa shape index (κ2) is 7.81. The average Bonchev–Trinajstić information content (AvgIpc) is 3.46. The first-order valence-corrected chi connectivity index (χ1v) is 11.3. The van der Waals surface area contributed by atoms with Gasteiger partial charge in [0.2, 0.25) is 5.91 Å². The van der Waals surface area contributed by atoms with Crippen molar-refractivity contribution in [2.45, 2.75) is 63.6 Å². The number of carbonyl (C=O) groups excluding carboxylic acids is 1. The molecular formula is C22H32N6O2. The molecule has 0 unspecified atom stereocenters. The van der Waals surface area contributed by atoms with E-state index in [0.717, 1.165) is 49.3 Å². The van der Waals surface area contributed by atoms with Crippen molar-refractivity contribution in [2.24, 2.45) is 0 Å². The number of likely N-dealkylation sites (N-methyl/N-ethyl adjacent to an activating group) is 1. The van der Waals surface area contributed by atoms with Crippen molar-refractivity contribution in [3.05, 3.63) is 33.4 Å². The van der Waals surface area contributed by atoms with Crippen LogP contribution in [0.1, 0.15) is 61.5 Å². The van der Waals surface area contributed by atoms with E-state index in [-0.39, 0.29) is 17.5 Å². The maximum absolute atomic E-state index is 13.3. The number of carbonyl (C=O) groups is 1. The zero-order valence-electron chi connectivity index (χ0n) is 18.1. The summed E-state index contributed by atoms with van der Waals surface area (Å²) in [5, 5.41) is 3.29. The molecule has 1 amide bonds. The molecule has 1 N–H and O–H groups in total. The Kier molecular flexibility index (Phi) is 5.14. The molecule has 8 heteroatoms. The smallest absolute Gasteiger partial charge is 0.277 e. The number of rotatable bonds is 4. The molecule has 2 aromatic rings. The molecule has 162 valence electrons. The number of amides is 1. The minimum absolute atomic E-state index is 0.00874. The number of hydrogen-bond donors (Lipinski definition) is 1. The molecule has 0 aromatic carbocycles. The van der Waals surface area contributed by atoms with Gasteiger partial charge in [-0.25, -0.2) is 9.50 Å². The standard InChI is InChI=1S/C22H32N6O2/c1-25(2)14-21(29)27-10-5-8-19(27)18-12-20-23-17-9-11-26(15-6-3-4-7-15)13-16(17)22(30)28(20)24-18/h12,15,19,24H,3-11,13-14H2,1-2H3/t19-/m1/s1. The van der Waals surface area contributed by atoms with Gasteiger partial charge in [0.1, 0.15) is 0 Å². The lowest BCUT2D eigenvalue weighted by Gasteiger charge is -2.32. The van der Waals surface area contributed by atoms with Crippen LogP contribution in [0.2, 0.25) is 0 Å². The SMILES string of the molecule is CN(C)CC(=O)N1CCC[C@@H]1c1cc2nc3c(c(=O)n2[nH]1)CN(C1CCCC1)CC3. The van der Waals surface area contributed by atoms with E-state index in [9.17, 15) is 9.59 Å². The lowest BCUT2D eigenvalue weighted by Crippen LogP contribution is -2.41. The van der Waals surface area contributed by atoms with Gasteiger partial charge in [-0.3, -0.25) is 19.6 Å². The quantitative estimate of drug-likeness (QED) is 0.825. The van der Waals surface area contributed by atoms with Crippen LogP contribution in [0.3, 0.4) is 0 Å². The summed E-state index contributed by atoms with van der Waals surface area (Å²) in [6, 6.07) is 2.58. The van der Waals surface area contributed by atoms with Gasteiger partial charge in [-0.15, -0.1) is 0 Å². The maximum atomic E-state index is 13.3. The third kappa shape index (κ3) is 3.46. The van der Waals surface area contributed by atoms with Gasteiger partial charge in [-0.2, -0.15) is 0 Å². The number of hydrogen-bond acceptors (Lipinski definition) is 5. The first-order valence-electron chi connectivity index (χ1n) is 11.3. The van der Waals surface area contributed by atoms with Crippen LogP contribution in [-0.4, -0.2) is 75.0 Å². The molecule has 1 aliphatic carbocycles. The summed E-state index contributed by atoms with van der Waals surface area (Å²) >= 11 is 0. The Morgan fingerprint density at radius 3 is 2.77 bits per heavy atom. The van der Waals surface area contributed by atoms with Crippen molar-refractivity contribution in [3.63, 3.8) is 0 Å². The van der Waals surface area contributed by atoms with E-state index in [1.54, 1.807) is 4.52 Å². The molecule has 2 fully saturated rings. The Bertz CT molecular complexity index is 1000. The summed E-state index contributed by atoms with van der Waals surface area (Å²) in [6.07, 6.45) is 7.83. The summed E-state index contributed by atoms with van der Waals surface area (Å²) in [5.41, 5.74) is 3.40. The van der Waals surface area contributed by atoms with Crippen molar-refractivity contribution in [1.82, 2.24) is 29.3 Å². The number of aromatic nitrogens is 3. The first kappa shape index (κ1) is 19.8. The fourth-order valence-corrected chi connectivity index (χ4v) is 5.52. The van der Waals surface area contributed by atoms with Crippen LogP contribution in [0, 0.1) is 0 Å². The lowest BCUT2D eigenvalue weighted by atomic mass is 10.0. The van der Waals surface area contributed by atoms with Crippen molar-refractivity contribution < 1.29 is 4.79 Å². The highest BCUT2D eigenvalue weighted by Gasteiger charge is 2.33. The normalized spacial score (nSPS) is 23.0. The average molecular weight is 413 g/mol. The summed E-state index contributed by atoms with van der Waals surface area (Å²) < 4.78 is 1.60. The molecule has 1 atom stereocenters. The third-order valence-electron chi connectivity index (χ3n) is 7.04. The Hall–Kier alpha value is -2.19. The van der Waals surface area contributed by atoms with Crippen molar-refractivity contribution in [3.8, 4) is 0 Å². The highest BCUT2D eigenvalue weighted by atomic mass is 16.2. The van der Waals surface area contributed by atoms with Gasteiger partial charge in [0.05, 0.1) is 29.5 Å². The molecule has 5 rings (SSSR count). The highest BCUT2D eigenvalue weighted by molar-refractivity contribution is 5.79. The maximum Gasteiger partial charge on any atom is 0.277 e. The van der Waals surface area contributed by atoms with E-state index in [1.165, 1.54) is 25.7 Å². The van der Waals surface area contributed by atoms with Crippen LogP contribution in [0.25, 0.3) is 5.65 Å². The number of H-pyrrole nitrogens is 1. The molecule has 0 spiro atoms. The summed E-state index contributed by atoms with van der Waals surface area (Å²) in [5.74, 6) is 0.132. The predicted molar refractivity (Wildman–Crippen MR) is 114 cm³/mol. The van der Waals surface area contributed by atoms with Crippen LogP contribution >= 0.6 is 0 Å². The topological polar surface area (TPSA) is 77.0 Å². The summed E-state index contributed by atoms with van der Waals surface area (Å²) in [7, 11) is 3.82. The molecule has 2 aromatic heterocycles. The van der Waals surface area contributed by atoms with Crippen LogP contribution in [-0.2, 0) is 17.8 Å². The van der Waals surface area contributed by atoms with Gasteiger partial charge in [0.25, 0.3) is 5.56 Å². The predicted octanol–water partition coefficient (Wildman–Crippen LogP) is 1.55. The van der Waals surface area contributed by atoms with Gasteiger partial charge in [0.15, 0.2) is 5.65 Å². The number of fused-ring (bicyclic) bond motifs is 2. The van der Waals surface area contributed by atoms with Crippen LogP contribution in [0.15, 0.2) is 10.9 Å². The third-order valence-corrected chi connectivity index (χ3v) is 7.04. The molecule has 2 aliphatic heterocycles. The Morgan fingerprint density at radius 1 is 1.20 bits per heavy atom. The van der Waals surface area contributed by atoms with E-state index < -0.39 is 0 Å². The zero-order valence-corrected chi connectivity index (χ0v) is 18.1. The van der Waals surface area contributed by atoms with Crippen LogP contribution < -0.4 is 5.56 Å². The molecule has 0 radical (unpaired) electrons. The van der Waals surface area contributed by atoms with E-state index >= 15 is 0 Å². The number of nitrogens with one attached hydrogen (secondary N) is 1. The number of nitrogens with zero attached hydrogens (tertiary/aromatic N) is 5. The van der Waals surface area contributed by atoms with Gasteiger partial charge >= 0.3 is 0 Å². The molecule has 0 bridgehead atoms. The Balaban J connectivity index is 1.44. The molecule has 4 heterocycles. The van der Waals surface area contributed by atoms with Crippen LogP contribution in [0.5, 0.6) is 0 Å². The number of aromatic amines is 1. The molecular weight excluding hydrogens is 380 g/mol.